The fourth-order valence-electron chi connectivity index (χ4n) is 3.28. The average Bonchev–Trinajstić information content (AvgIpc) is 2.72. The topological polar surface area (TPSA) is 79.0 Å². The molecular weight excluding hydrogens is 394 g/mol. The highest BCUT2D eigenvalue weighted by Gasteiger charge is 2.36. The van der Waals surface area contributed by atoms with Gasteiger partial charge in [-0.25, -0.2) is 9.69 Å². The van der Waals surface area contributed by atoms with Crippen LogP contribution in [0.2, 0.25) is 5.02 Å². The van der Waals surface area contributed by atoms with Crippen LogP contribution >= 0.6 is 11.6 Å². The Bertz CT molecular complexity index is 997. The van der Waals surface area contributed by atoms with Crippen molar-refractivity contribution in [3.63, 3.8) is 0 Å². The first-order chi connectivity index (χ1) is 14.0. The largest absolute Gasteiger partial charge is 0.378 e. The molecule has 0 unspecified atom stereocenters. The predicted octanol–water partition coefficient (Wildman–Crippen LogP) is 2.84. The van der Waals surface area contributed by atoms with E-state index in [2.05, 4.69) is 10.2 Å². The maximum absolute atomic E-state index is 12.9. The minimum Gasteiger partial charge on any atom is -0.378 e. The monoisotopic (exact) mass is 411 g/mol. The van der Waals surface area contributed by atoms with Crippen molar-refractivity contribution in [3.8, 4) is 0 Å². The number of carbonyl (C=O) groups excluding carboxylic acids is 3. The molecule has 29 heavy (non-hydrogen) atoms. The predicted molar refractivity (Wildman–Crippen MR) is 110 cm³/mol. The van der Waals surface area contributed by atoms with Gasteiger partial charge in [-0.1, -0.05) is 29.8 Å². The van der Waals surface area contributed by atoms with E-state index in [0.29, 0.717) is 29.5 Å². The molecule has 2 fully saturated rings. The Labute approximate surface area is 172 Å². The van der Waals surface area contributed by atoms with Gasteiger partial charge in [0.2, 0.25) is 0 Å². The zero-order valence-electron chi connectivity index (χ0n) is 15.4. The van der Waals surface area contributed by atoms with E-state index in [1.54, 1.807) is 18.2 Å². The highest BCUT2D eigenvalue weighted by atomic mass is 35.5. The van der Waals surface area contributed by atoms with Gasteiger partial charge in [-0.2, -0.15) is 0 Å². The molecule has 148 valence electrons. The number of amides is 4. The number of benzene rings is 2. The molecule has 0 aliphatic carbocycles. The maximum Gasteiger partial charge on any atom is 0.335 e. The fraction of sp³-hybridized carbons (Fsp3) is 0.190. The number of morpholine rings is 1. The van der Waals surface area contributed by atoms with E-state index in [9.17, 15) is 14.4 Å². The zero-order chi connectivity index (χ0) is 20.4. The van der Waals surface area contributed by atoms with Crippen molar-refractivity contribution in [2.75, 3.05) is 36.1 Å². The third-order valence-corrected chi connectivity index (χ3v) is 4.98. The number of barbiturate groups is 1. The van der Waals surface area contributed by atoms with Gasteiger partial charge in [0.1, 0.15) is 5.57 Å². The van der Waals surface area contributed by atoms with Crippen LogP contribution in [0.4, 0.5) is 16.2 Å². The van der Waals surface area contributed by atoms with Crippen LogP contribution in [-0.2, 0) is 14.3 Å². The average molecular weight is 412 g/mol. The van der Waals surface area contributed by atoms with Crippen molar-refractivity contribution < 1.29 is 19.1 Å². The van der Waals surface area contributed by atoms with Gasteiger partial charge in [-0.3, -0.25) is 14.9 Å². The van der Waals surface area contributed by atoms with E-state index in [1.165, 1.54) is 12.1 Å². The number of urea groups is 1. The molecular formula is C21H18ClN3O4. The number of imide groups is 2. The van der Waals surface area contributed by atoms with Gasteiger partial charge in [-0.05, 0) is 42.0 Å². The van der Waals surface area contributed by atoms with Crippen LogP contribution in [0.15, 0.2) is 54.1 Å². The molecule has 2 heterocycles. The number of hydrogen-bond acceptors (Lipinski definition) is 5. The lowest BCUT2D eigenvalue weighted by Gasteiger charge is -2.29. The van der Waals surface area contributed by atoms with Crippen LogP contribution in [0.25, 0.3) is 6.08 Å². The molecule has 2 aromatic carbocycles. The van der Waals surface area contributed by atoms with Crippen molar-refractivity contribution >= 4 is 46.9 Å². The molecule has 0 radical (unpaired) electrons. The van der Waals surface area contributed by atoms with Gasteiger partial charge in [0.15, 0.2) is 0 Å². The molecule has 0 bridgehead atoms. The van der Waals surface area contributed by atoms with E-state index in [-0.39, 0.29) is 5.57 Å². The van der Waals surface area contributed by atoms with Crippen LogP contribution in [0, 0.1) is 0 Å². The Morgan fingerprint density at radius 3 is 2.38 bits per heavy atom. The number of nitrogens with zero attached hydrogens (tertiary/aromatic N) is 2. The Morgan fingerprint density at radius 2 is 1.69 bits per heavy atom. The van der Waals surface area contributed by atoms with Gasteiger partial charge in [0.25, 0.3) is 11.8 Å². The first-order valence-electron chi connectivity index (χ1n) is 9.13. The summed E-state index contributed by atoms with van der Waals surface area (Å²) in [5.41, 5.74) is 1.90. The van der Waals surface area contributed by atoms with Gasteiger partial charge < -0.3 is 9.64 Å². The standard InChI is InChI=1S/C21H18ClN3O4/c22-15-2-1-3-17(13-15)25-20(27)18(19(26)23-21(25)28)12-14-4-6-16(7-5-14)24-8-10-29-11-9-24/h1-7,12-13H,8-11H2,(H,23,26,28)/b18-12+. The third kappa shape index (κ3) is 4.01. The second-order valence-electron chi connectivity index (χ2n) is 6.63. The molecule has 4 rings (SSSR count). The summed E-state index contributed by atoms with van der Waals surface area (Å²) in [5.74, 6) is -1.42. The summed E-state index contributed by atoms with van der Waals surface area (Å²) >= 11 is 5.97. The fourth-order valence-corrected chi connectivity index (χ4v) is 3.46. The third-order valence-electron chi connectivity index (χ3n) is 4.75. The van der Waals surface area contributed by atoms with Crippen LogP contribution < -0.4 is 15.1 Å². The number of nitrogens with one attached hydrogen (secondary N) is 1. The number of halogens is 1. The molecule has 0 atom stereocenters. The Kier molecular flexibility index (Phi) is 5.33. The lowest BCUT2D eigenvalue weighted by atomic mass is 10.1. The molecule has 2 saturated heterocycles. The summed E-state index contributed by atoms with van der Waals surface area (Å²) in [5, 5.41) is 2.58. The zero-order valence-corrected chi connectivity index (χ0v) is 16.2. The summed E-state index contributed by atoms with van der Waals surface area (Å²) in [4.78, 5) is 40.5. The van der Waals surface area contributed by atoms with Crippen molar-refractivity contribution in [2.45, 2.75) is 0 Å². The highest BCUT2D eigenvalue weighted by molar-refractivity contribution is 6.39. The summed E-state index contributed by atoms with van der Waals surface area (Å²) in [6.07, 6.45) is 1.48. The molecule has 0 aromatic heterocycles. The van der Waals surface area contributed by atoms with Crippen molar-refractivity contribution in [3.05, 3.63) is 64.7 Å². The van der Waals surface area contributed by atoms with E-state index in [0.717, 1.165) is 23.7 Å². The molecule has 0 saturated carbocycles. The van der Waals surface area contributed by atoms with Gasteiger partial charge >= 0.3 is 6.03 Å². The second kappa shape index (κ2) is 8.06. The quantitative estimate of drug-likeness (QED) is 0.620. The molecule has 7 nitrogen and oxygen atoms in total. The van der Waals surface area contributed by atoms with Gasteiger partial charge in [0.05, 0.1) is 18.9 Å². The van der Waals surface area contributed by atoms with Crippen LogP contribution in [0.1, 0.15) is 5.56 Å². The second-order valence-corrected chi connectivity index (χ2v) is 7.07. The van der Waals surface area contributed by atoms with E-state index in [1.807, 2.05) is 24.3 Å². The first kappa shape index (κ1) is 19.2. The number of rotatable bonds is 3. The Balaban J connectivity index is 1.60. The number of hydrogen-bond donors (Lipinski definition) is 1. The van der Waals surface area contributed by atoms with Gasteiger partial charge in [-0.15, -0.1) is 0 Å². The number of carbonyl (C=O) groups is 3. The van der Waals surface area contributed by atoms with Crippen LogP contribution in [0.3, 0.4) is 0 Å². The summed E-state index contributed by atoms with van der Waals surface area (Å²) in [6.45, 7) is 3.01. The van der Waals surface area contributed by atoms with Gasteiger partial charge in [0, 0.05) is 23.8 Å². The molecule has 2 aliphatic rings. The van der Waals surface area contributed by atoms with Crippen molar-refractivity contribution in [1.82, 2.24) is 5.32 Å². The normalized spacial score (nSPS) is 18.9. The number of anilines is 2. The van der Waals surface area contributed by atoms with Crippen LogP contribution in [0.5, 0.6) is 0 Å². The van der Waals surface area contributed by atoms with Crippen molar-refractivity contribution in [1.29, 1.82) is 0 Å². The smallest absolute Gasteiger partial charge is 0.335 e. The van der Waals surface area contributed by atoms with E-state index < -0.39 is 17.8 Å². The minimum atomic E-state index is -0.804. The molecule has 8 heteroatoms. The molecule has 4 amide bonds. The molecule has 0 spiro atoms. The highest BCUT2D eigenvalue weighted by Crippen LogP contribution is 2.25. The maximum atomic E-state index is 12.9. The first-order valence-corrected chi connectivity index (χ1v) is 9.50. The summed E-state index contributed by atoms with van der Waals surface area (Å²) in [6, 6.07) is 13.1. The lowest BCUT2D eigenvalue weighted by molar-refractivity contribution is -0.122. The van der Waals surface area contributed by atoms with E-state index in [4.69, 9.17) is 16.3 Å². The molecule has 2 aromatic rings. The minimum absolute atomic E-state index is 0.122. The molecule has 1 N–H and O–H groups in total. The molecule has 2 aliphatic heterocycles. The lowest BCUT2D eigenvalue weighted by Crippen LogP contribution is -2.54. The number of ether oxygens (including phenoxy) is 1. The Morgan fingerprint density at radius 1 is 0.966 bits per heavy atom. The van der Waals surface area contributed by atoms with Crippen molar-refractivity contribution in [2.24, 2.45) is 0 Å². The Hall–Kier alpha value is -3.16. The summed E-state index contributed by atoms with van der Waals surface area (Å²) < 4.78 is 5.36. The van der Waals surface area contributed by atoms with Crippen LogP contribution in [-0.4, -0.2) is 44.1 Å². The summed E-state index contributed by atoms with van der Waals surface area (Å²) in [7, 11) is 0. The van der Waals surface area contributed by atoms with E-state index >= 15 is 0 Å². The SMILES string of the molecule is O=C1NC(=O)N(c2cccc(Cl)c2)C(=O)/C1=C/c1ccc(N2CCOCC2)cc1.